The number of carboxylic acid groups (broad SMARTS) is 1. The molecule has 0 spiro atoms. The van der Waals surface area contributed by atoms with E-state index in [4.69, 9.17) is 5.11 Å². The average molecular weight is 256 g/mol. The molecule has 0 aromatic carbocycles. The maximum Gasteiger partial charge on any atom is 0.337 e. The molecule has 5 nitrogen and oxygen atoms in total. The minimum Gasteiger partial charge on any atom is -0.478 e. The zero-order chi connectivity index (χ0) is 12.8. The van der Waals surface area contributed by atoms with Crippen molar-refractivity contribution >= 4 is 22.6 Å². The van der Waals surface area contributed by atoms with Gasteiger partial charge in [0, 0.05) is 29.4 Å². The third-order valence-corrected chi connectivity index (χ3v) is 3.09. The molecular weight excluding hydrogens is 240 g/mol. The molecule has 0 radical (unpaired) electrons. The number of aryl methyl sites for hydroxylation is 1. The fourth-order valence-corrected chi connectivity index (χ4v) is 1.93. The predicted octanol–water partition coefficient (Wildman–Crippen LogP) is 1.27. The highest BCUT2D eigenvalue weighted by Crippen LogP contribution is 2.10. The number of nitrogens with one attached hydrogen (secondary N) is 1. The van der Waals surface area contributed by atoms with E-state index >= 15 is 0 Å². The molecule has 0 bridgehead atoms. The first kappa shape index (κ1) is 13.6. The van der Waals surface area contributed by atoms with Crippen molar-refractivity contribution in [3.63, 3.8) is 0 Å². The van der Waals surface area contributed by atoms with Gasteiger partial charge in [0.05, 0.1) is 11.3 Å². The van der Waals surface area contributed by atoms with Gasteiger partial charge < -0.3 is 10.4 Å². The Morgan fingerprint density at radius 3 is 2.76 bits per heavy atom. The molecule has 1 atom stereocenters. The maximum atomic E-state index is 10.8. The van der Waals surface area contributed by atoms with Crippen LogP contribution < -0.4 is 5.32 Å². The Kier molecular flexibility index (Phi) is 5.09. The second-order valence-corrected chi connectivity index (χ2v) is 5.25. The zero-order valence-corrected chi connectivity index (χ0v) is 10.7. The highest BCUT2D eigenvalue weighted by atomic mass is 32.2. The number of anilines is 1. The van der Waals surface area contributed by atoms with Gasteiger partial charge in [0.2, 0.25) is 0 Å². The van der Waals surface area contributed by atoms with Crippen molar-refractivity contribution in [1.29, 1.82) is 0 Å². The largest absolute Gasteiger partial charge is 0.478 e. The van der Waals surface area contributed by atoms with E-state index in [2.05, 4.69) is 10.3 Å². The third kappa shape index (κ3) is 4.52. The number of rotatable bonds is 6. The van der Waals surface area contributed by atoms with E-state index in [0.29, 0.717) is 23.8 Å². The number of pyridine rings is 1. The Morgan fingerprint density at radius 2 is 2.24 bits per heavy atom. The molecule has 0 aliphatic carbocycles. The molecule has 6 heteroatoms. The van der Waals surface area contributed by atoms with Gasteiger partial charge in [0.25, 0.3) is 0 Å². The van der Waals surface area contributed by atoms with Crippen LogP contribution in [0.2, 0.25) is 0 Å². The van der Waals surface area contributed by atoms with Gasteiger partial charge in [-0.3, -0.25) is 4.21 Å². The van der Waals surface area contributed by atoms with E-state index < -0.39 is 16.8 Å². The van der Waals surface area contributed by atoms with Gasteiger partial charge in [-0.05, 0) is 25.5 Å². The van der Waals surface area contributed by atoms with E-state index in [-0.39, 0.29) is 5.56 Å². The van der Waals surface area contributed by atoms with Gasteiger partial charge in [0.15, 0.2) is 0 Å². The average Bonchev–Trinajstić information content (AvgIpc) is 2.23. The lowest BCUT2D eigenvalue weighted by molar-refractivity contribution is 0.0695. The van der Waals surface area contributed by atoms with Crippen LogP contribution in [0, 0.1) is 6.92 Å². The van der Waals surface area contributed by atoms with E-state index in [1.165, 1.54) is 6.07 Å². The summed E-state index contributed by atoms with van der Waals surface area (Å²) in [6.45, 7) is 2.34. The highest BCUT2D eigenvalue weighted by molar-refractivity contribution is 7.84. The van der Waals surface area contributed by atoms with Crippen LogP contribution in [0.25, 0.3) is 0 Å². The molecule has 0 saturated carbocycles. The molecule has 1 unspecified atom stereocenters. The summed E-state index contributed by atoms with van der Waals surface area (Å²) in [5.74, 6) is 0.330. The monoisotopic (exact) mass is 256 g/mol. The Labute approximate surface area is 103 Å². The Hall–Kier alpha value is -1.43. The van der Waals surface area contributed by atoms with E-state index in [1.807, 2.05) is 0 Å². The van der Waals surface area contributed by atoms with Crippen LogP contribution in [-0.2, 0) is 10.8 Å². The second kappa shape index (κ2) is 6.34. The normalized spacial score (nSPS) is 12.1. The summed E-state index contributed by atoms with van der Waals surface area (Å²) < 4.78 is 10.8. The van der Waals surface area contributed by atoms with Gasteiger partial charge >= 0.3 is 5.97 Å². The zero-order valence-electron chi connectivity index (χ0n) is 9.90. The van der Waals surface area contributed by atoms with Gasteiger partial charge in [-0.15, -0.1) is 0 Å². The minimum absolute atomic E-state index is 0.213. The summed E-state index contributed by atoms with van der Waals surface area (Å²) in [5.41, 5.74) is 0.701. The molecule has 0 saturated heterocycles. The molecule has 2 N–H and O–H groups in total. The Bertz CT molecular complexity index is 435. The van der Waals surface area contributed by atoms with Crippen molar-refractivity contribution < 1.29 is 14.1 Å². The van der Waals surface area contributed by atoms with Crippen LogP contribution in [0.4, 0.5) is 5.82 Å². The Balaban J connectivity index is 2.53. The molecule has 0 amide bonds. The van der Waals surface area contributed by atoms with Crippen LogP contribution >= 0.6 is 0 Å². The lowest BCUT2D eigenvalue weighted by atomic mass is 10.2. The molecule has 17 heavy (non-hydrogen) atoms. The summed E-state index contributed by atoms with van der Waals surface area (Å²) in [5, 5.41) is 11.9. The fourth-order valence-electron chi connectivity index (χ4n) is 1.38. The van der Waals surface area contributed by atoms with Crippen molar-refractivity contribution in [2.75, 3.05) is 23.9 Å². The summed E-state index contributed by atoms with van der Waals surface area (Å²) in [6, 6.07) is 3.17. The van der Waals surface area contributed by atoms with Gasteiger partial charge in [0.1, 0.15) is 5.82 Å². The molecule has 1 aromatic heterocycles. The first-order chi connectivity index (χ1) is 8.00. The quantitative estimate of drug-likeness (QED) is 0.749. The molecule has 0 aliphatic heterocycles. The number of nitrogens with zero attached hydrogens (tertiary/aromatic N) is 1. The predicted molar refractivity (Wildman–Crippen MR) is 68.0 cm³/mol. The van der Waals surface area contributed by atoms with Crippen LogP contribution in [-0.4, -0.2) is 38.8 Å². The van der Waals surface area contributed by atoms with Crippen molar-refractivity contribution in [2.24, 2.45) is 0 Å². The van der Waals surface area contributed by atoms with Gasteiger partial charge in [-0.25, -0.2) is 9.78 Å². The van der Waals surface area contributed by atoms with E-state index in [9.17, 15) is 9.00 Å². The van der Waals surface area contributed by atoms with E-state index in [1.54, 1.807) is 19.2 Å². The number of carboxylic acids is 1. The molecule has 0 fully saturated rings. The van der Waals surface area contributed by atoms with Crippen LogP contribution in [0.15, 0.2) is 12.1 Å². The second-order valence-electron chi connectivity index (χ2n) is 3.69. The van der Waals surface area contributed by atoms with Crippen molar-refractivity contribution in [2.45, 2.75) is 13.3 Å². The summed E-state index contributed by atoms with van der Waals surface area (Å²) >= 11 is 0. The first-order valence-corrected chi connectivity index (χ1v) is 6.98. The lowest BCUT2D eigenvalue weighted by Crippen LogP contribution is -2.09. The van der Waals surface area contributed by atoms with E-state index in [0.717, 1.165) is 6.42 Å². The molecule has 1 heterocycles. The van der Waals surface area contributed by atoms with Crippen LogP contribution in [0.5, 0.6) is 0 Å². The van der Waals surface area contributed by atoms with Gasteiger partial charge in [-0.1, -0.05) is 0 Å². The number of hydrogen-bond donors (Lipinski definition) is 2. The SMILES string of the molecule is Cc1nc(NCCCS(C)=O)ccc1C(=O)O. The molecule has 94 valence electrons. The number of carbonyl (C=O) groups is 1. The van der Waals surface area contributed by atoms with Crippen molar-refractivity contribution in [1.82, 2.24) is 4.98 Å². The van der Waals surface area contributed by atoms with Crippen molar-refractivity contribution in [3.05, 3.63) is 23.4 Å². The summed E-state index contributed by atoms with van der Waals surface area (Å²) in [7, 11) is -0.776. The highest BCUT2D eigenvalue weighted by Gasteiger charge is 2.08. The molecular formula is C11H16N2O3S. The minimum atomic E-state index is -0.970. The number of aromatic carboxylic acids is 1. The summed E-state index contributed by atoms with van der Waals surface area (Å²) in [4.78, 5) is 14.9. The number of aromatic nitrogens is 1. The molecule has 1 aromatic rings. The van der Waals surface area contributed by atoms with Crippen LogP contribution in [0.1, 0.15) is 22.5 Å². The Morgan fingerprint density at radius 1 is 1.53 bits per heavy atom. The standard InChI is InChI=1S/C11H16N2O3S/c1-8-9(11(14)15)4-5-10(13-8)12-6-3-7-17(2)16/h4-5H,3,6-7H2,1-2H3,(H,12,13)(H,14,15). The summed E-state index contributed by atoms with van der Waals surface area (Å²) in [6.07, 6.45) is 2.47. The fraction of sp³-hybridized carbons (Fsp3) is 0.455. The number of hydrogen-bond acceptors (Lipinski definition) is 4. The van der Waals surface area contributed by atoms with Crippen LogP contribution in [0.3, 0.4) is 0 Å². The lowest BCUT2D eigenvalue weighted by Gasteiger charge is -2.07. The topological polar surface area (TPSA) is 79.3 Å². The molecule has 1 rings (SSSR count). The maximum absolute atomic E-state index is 10.8. The smallest absolute Gasteiger partial charge is 0.337 e. The van der Waals surface area contributed by atoms with Crippen molar-refractivity contribution in [3.8, 4) is 0 Å². The first-order valence-electron chi connectivity index (χ1n) is 5.25. The van der Waals surface area contributed by atoms with Gasteiger partial charge in [-0.2, -0.15) is 0 Å². The molecule has 0 aliphatic rings. The third-order valence-electron chi connectivity index (χ3n) is 2.23.